The molecule has 18 heavy (non-hydrogen) atoms. The van der Waals surface area contributed by atoms with Crippen molar-refractivity contribution in [3.63, 3.8) is 0 Å². The zero-order valence-corrected chi connectivity index (χ0v) is 10.0. The largest absolute Gasteiger partial charge is 0.506 e. The Kier molecular flexibility index (Phi) is 3.67. The van der Waals surface area contributed by atoms with Crippen LogP contribution in [-0.4, -0.2) is 5.11 Å². The lowest BCUT2D eigenvalue weighted by Crippen LogP contribution is -2.02. The molecule has 2 aromatic rings. The fourth-order valence-corrected chi connectivity index (χ4v) is 1.67. The molecule has 2 nitrogen and oxygen atoms in total. The summed E-state index contributed by atoms with van der Waals surface area (Å²) in [5.74, 6) is -0.995. The molecule has 0 spiro atoms. The molecule has 2 rings (SSSR count). The maximum Gasteiger partial charge on any atom is 0.134 e. The number of hydrogen-bond donors (Lipinski definition) is 2. The Morgan fingerprint density at radius 1 is 1.11 bits per heavy atom. The molecule has 0 aliphatic carbocycles. The SMILES string of the molecule is Oc1ccc(NCc2cc(F)ccc2F)cc1Cl. The quantitative estimate of drug-likeness (QED) is 0.828. The van der Waals surface area contributed by atoms with Gasteiger partial charge in [-0.15, -0.1) is 0 Å². The molecule has 2 aromatic carbocycles. The third-order valence-corrected chi connectivity index (χ3v) is 2.74. The Bertz CT molecular complexity index is 575. The van der Waals surface area contributed by atoms with Crippen LogP contribution in [0.25, 0.3) is 0 Å². The zero-order valence-electron chi connectivity index (χ0n) is 9.25. The van der Waals surface area contributed by atoms with Crippen molar-refractivity contribution in [1.82, 2.24) is 0 Å². The van der Waals surface area contributed by atoms with Crippen LogP contribution in [0.1, 0.15) is 5.56 Å². The van der Waals surface area contributed by atoms with Crippen molar-refractivity contribution in [3.8, 4) is 5.75 Å². The number of halogens is 3. The topological polar surface area (TPSA) is 32.3 Å². The van der Waals surface area contributed by atoms with E-state index in [-0.39, 0.29) is 22.9 Å². The highest BCUT2D eigenvalue weighted by molar-refractivity contribution is 6.32. The molecular weight excluding hydrogens is 260 g/mol. The lowest BCUT2D eigenvalue weighted by Gasteiger charge is -2.08. The van der Waals surface area contributed by atoms with Crippen molar-refractivity contribution in [2.45, 2.75) is 6.54 Å². The van der Waals surface area contributed by atoms with Gasteiger partial charge in [0.05, 0.1) is 5.02 Å². The average Bonchev–Trinajstić information content (AvgIpc) is 2.34. The first-order chi connectivity index (χ1) is 8.56. The van der Waals surface area contributed by atoms with Crippen LogP contribution < -0.4 is 5.32 Å². The second kappa shape index (κ2) is 5.23. The third kappa shape index (κ3) is 2.90. The number of hydrogen-bond acceptors (Lipinski definition) is 2. The first-order valence-corrected chi connectivity index (χ1v) is 5.60. The highest BCUT2D eigenvalue weighted by atomic mass is 35.5. The molecule has 0 aromatic heterocycles. The van der Waals surface area contributed by atoms with E-state index >= 15 is 0 Å². The Labute approximate surface area is 108 Å². The number of rotatable bonds is 3. The Balaban J connectivity index is 2.11. The van der Waals surface area contributed by atoms with Gasteiger partial charge in [0, 0.05) is 17.8 Å². The van der Waals surface area contributed by atoms with Gasteiger partial charge in [0.25, 0.3) is 0 Å². The number of phenols is 1. The van der Waals surface area contributed by atoms with Gasteiger partial charge in [-0.3, -0.25) is 0 Å². The third-order valence-electron chi connectivity index (χ3n) is 2.44. The minimum Gasteiger partial charge on any atom is -0.506 e. The van der Waals surface area contributed by atoms with Crippen molar-refractivity contribution in [1.29, 1.82) is 0 Å². The highest BCUT2D eigenvalue weighted by Crippen LogP contribution is 2.26. The minimum absolute atomic E-state index is 0.0286. The van der Waals surface area contributed by atoms with Crippen LogP contribution in [0.2, 0.25) is 5.02 Å². The summed E-state index contributed by atoms with van der Waals surface area (Å²) in [4.78, 5) is 0. The van der Waals surface area contributed by atoms with E-state index in [0.717, 1.165) is 18.2 Å². The van der Waals surface area contributed by atoms with Gasteiger partial charge in [0.1, 0.15) is 17.4 Å². The summed E-state index contributed by atoms with van der Waals surface area (Å²) in [5.41, 5.74) is 0.834. The fraction of sp³-hybridized carbons (Fsp3) is 0.0769. The molecule has 0 amide bonds. The first kappa shape index (κ1) is 12.6. The summed E-state index contributed by atoms with van der Waals surface area (Å²) in [6.07, 6.45) is 0. The Morgan fingerprint density at radius 2 is 1.89 bits per heavy atom. The molecule has 0 unspecified atom stereocenters. The first-order valence-electron chi connectivity index (χ1n) is 5.22. The van der Waals surface area contributed by atoms with E-state index in [4.69, 9.17) is 11.6 Å². The predicted octanol–water partition coefficient (Wildman–Crippen LogP) is 3.94. The van der Waals surface area contributed by atoms with Crippen LogP contribution in [0.5, 0.6) is 5.75 Å². The second-order valence-corrected chi connectivity index (χ2v) is 4.16. The van der Waals surface area contributed by atoms with E-state index < -0.39 is 11.6 Å². The molecule has 0 fully saturated rings. The van der Waals surface area contributed by atoms with Gasteiger partial charge in [-0.1, -0.05) is 11.6 Å². The van der Waals surface area contributed by atoms with Gasteiger partial charge < -0.3 is 10.4 Å². The maximum atomic E-state index is 13.3. The summed E-state index contributed by atoms with van der Waals surface area (Å²) in [6.45, 7) is 0.130. The Hall–Kier alpha value is -1.81. The number of nitrogens with one attached hydrogen (secondary N) is 1. The Morgan fingerprint density at radius 3 is 2.61 bits per heavy atom. The van der Waals surface area contributed by atoms with E-state index in [1.807, 2.05) is 0 Å². The van der Waals surface area contributed by atoms with E-state index in [1.165, 1.54) is 12.1 Å². The molecule has 0 saturated heterocycles. The smallest absolute Gasteiger partial charge is 0.134 e. The summed E-state index contributed by atoms with van der Waals surface area (Å²) >= 11 is 5.73. The van der Waals surface area contributed by atoms with Crippen LogP contribution in [0, 0.1) is 11.6 Å². The molecule has 0 atom stereocenters. The summed E-state index contributed by atoms with van der Waals surface area (Å²) in [6, 6.07) is 7.80. The van der Waals surface area contributed by atoms with Crippen molar-refractivity contribution >= 4 is 17.3 Å². The van der Waals surface area contributed by atoms with E-state index in [2.05, 4.69) is 5.32 Å². The van der Waals surface area contributed by atoms with Crippen LogP contribution in [0.4, 0.5) is 14.5 Å². The number of anilines is 1. The van der Waals surface area contributed by atoms with Crippen LogP contribution >= 0.6 is 11.6 Å². The fourth-order valence-electron chi connectivity index (χ4n) is 1.49. The van der Waals surface area contributed by atoms with Crippen molar-refractivity contribution in [2.24, 2.45) is 0 Å². The molecule has 5 heteroatoms. The zero-order chi connectivity index (χ0) is 13.1. The predicted molar refractivity (Wildman–Crippen MR) is 66.8 cm³/mol. The number of benzene rings is 2. The van der Waals surface area contributed by atoms with Gasteiger partial charge in [0.2, 0.25) is 0 Å². The molecule has 0 aliphatic rings. The lowest BCUT2D eigenvalue weighted by molar-refractivity contribution is 0.475. The molecule has 0 radical (unpaired) electrons. The molecule has 0 bridgehead atoms. The lowest BCUT2D eigenvalue weighted by atomic mass is 10.2. The standard InChI is InChI=1S/C13H10ClF2NO/c14-11-6-10(2-4-13(11)18)17-7-8-5-9(15)1-3-12(8)16/h1-6,17-18H,7H2. The van der Waals surface area contributed by atoms with Crippen LogP contribution in [-0.2, 0) is 6.54 Å². The monoisotopic (exact) mass is 269 g/mol. The van der Waals surface area contributed by atoms with Gasteiger partial charge in [-0.2, -0.15) is 0 Å². The number of aromatic hydroxyl groups is 1. The molecule has 2 N–H and O–H groups in total. The molecule has 0 saturated carbocycles. The van der Waals surface area contributed by atoms with Crippen molar-refractivity contribution < 1.29 is 13.9 Å². The summed E-state index contributed by atoms with van der Waals surface area (Å²) in [5, 5.41) is 12.3. The van der Waals surface area contributed by atoms with Gasteiger partial charge in [0.15, 0.2) is 0 Å². The normalized spacial score (nSPS) is 10.4. The molecule has 0 aliphatic heterocycles. The summed E-state index contributed by atoms with van der Waals surface area (Å²) < 4.78 is 26.3. The molecular formula is C13H10ClF2NO. The average molecular weight is 270 g/mol. The van der Waals surface area contributed by atoms with Crippen molar-refractivity contribution in [2.75, 3.05) is 5.32 Å². The maximum absolute atomic E-state index is 13.3. The second-order valence-electron chi connectivity index (χ2n) is 3.76. The van der Waals surface area contributed by atoms with Gasteiger partial charge in [-0.25, -0.2) is 8.78 Å². The number of phenolic OH excluding ortho intramolecular Hbond substituents is 1. The van der Waals surface area contributed by atoms with Gasteiger partial charge in [-0.05, 0) is 36.4 Å². The summed E-state index contributed by atoms with van der Waals surface area (Å²) in [7, 11) is 0. The molecule has 0 heterocycles. The highest BCUT2D eigenvalue weighted by Gasteiger charge is 2.04. The van der Waals surface area contributed by atoms with E-state index in [0.29, 0.717) is 5.69 Å². The van der Waals surface area contributed by atoms with Gasteiger partial charge >= 0.3 is 0 Å². The van der Waals surface area contributed by atoms with Crippen LogP contribution in [0.3, 0.4) is 0 Å². The molecule has 94 valence electrons. The van der Waals surface area contributed by atoms with Crippen LogP contribution in [0.15, 0.2) is 36.4 Å². The van der Waals surface area contributed by atoms with E-state index in [1.54, 1.807) is 6.07 Å². The van der Waals surface area contributed by atoms with E-state index in [9.17, 15) is 13.9 Å². The minimum atomic E-state index is -0.489. The van der Waals surface area contributed by atoms with Crippen molar-refractivity contribution in [3.05, 3.63) is 58.6 Å².